The number of carboxylic acid groups (broad SMARTS) is 1. The molecule has 4 N–H and O–H groups in total. The van der Waals surface area contributed by atoms with Crippen LogP contribution < -0.4 is 39.6 Å². The number of carboxylic acids is 1. The molecular weight excluding hydrogens is 713 g/mol. The SMILES string of the molecule is Cc1c2ccsc2cc[n+]1C/C=C/C1=C(C(=O)O)N2C(=O)C(NC(=O)C(=NOC(F)F)c3csc(N)n3)C2CS1.[I-]. The topological polar surface area (TPSA) is 151 Å². The maximum Gasteiger partial charge on any atom is 0.407 e. The molecule has 11 nitrogen and oxygen atoms in total. The van der Waals surface area contributed by atoms with Crippen molar-refractivity contribution in [2.45, 2.75) is 32.2 Å². The minimum atomic E-state index is -3.29. The predicted octanol–water partition coefficient (Wildman–Crippen LogP) is -0.522. The lowest BCUT2D eigenvalue weighted by atomic mass is 9.94. The molecule has 3 aromatic rings. The summed E-state index contributed by atoms with van der Waals surface area (Å²) in [6, 6.07) is 2.31. The van der Waals surface area contributed by atoms with Gasteiger partial charge in [0, 0.05) is 33.7 Å². The number of β-lactam (4-membered cyclic amide) rings is 1. The molecule has 17 heteroatoms. The molecule has 2 unspecified atom stereocenters. The van der Waals surface area contributed by atoms with Gasteiger partial charge >= 0.3 is 12.6 Å². The number of rotatable bonds is 9. The van der Waals surface area contributed by atoms with E-state index in [0.29, 0.717) is 17.2 Å². The minimum Gasteiger partial charge on any atom is -1.00 e. The van der Waals surface area contributed by atoms with E-state index in [1.54, 1.807) is 17.4 Å². The number of nitrogens with two attached hydrogens (primary N) is 1. The fraction of sp³-hybridized carbons (Fsp3) is 0.250. The molecule has 0 radical (unpaired) electrons. The van der Waals surface area contributed by atoms with Gasteiger partial charge < -0.3 is 45.0 Å². The summed E-state index contributed by atoms with van der Waals surface area (Å²) >= 11 is 3.85. The Hall–Kier alpha value is -3.16. The molecule has 216 valence electrons. The summed E-state index contributed by atoms with van der Waals surface area (Å²) in [5.41, 5.74) is 5.76. The van der Waals surface area contributed by atoms with Crippen LogP contribution >= 0.6 is 34.4 Å². The number of carbonyl (C=O) groups is 3. The quantitative estimate of drug-likeness (QED) is 0.0875. The van der Waals surface area contributed by atoms with Crippen molar-refractivity contribution in [1.29, 1.82) is 0 Å². The average molecular weight is 735 g/mol. The number of halogens is 3. The number of aromatic nitrogens is 2. The predicted molar refractivity (Wildman–Crippen MR) is 146 cm³/mol. The van der Waals surface area contributed by atoms with Crippen molar-refractivity contribution in [3.8, 4) is 0 Å². The zero-order valence-corrected chi connectivity index (χ0v) is 25.6. The third-order valence-electron chi connectivity index (χ3n) is 6.29. The van der Waals surface area contributed by atoms with Crippen LogP contribution in [0.3, 0.4) is 0 Å². The first kappa shape index (κ1) is 30.8. The summed E-state index contributed by atoms with van der Waals surface area (Å²) in [5.74, 6) is -2.63. The number of allylic oxidation sites excluding steroid dienone is 2. The van der Waals surface area contributed by atoms with Gasteiger partial charge in [0.15, 0.2) is 29.3 Å². The number of thioether (sulfide) groups is 1. The average Bonchev–Trinajstić information content (AvgIpc) is 3.57. The van der Waals surface area contributed by atoms with Crippen LogP contribution in [-0.2, 0) is 25.8 Å². The molecule has 5 rings (SSSR count). The molecule has 2 amide bonds. The Morgan fingerprint density at radius 3 is 2.85 bits per heavy atom. The number of pyridine rings is 1. The molecule has 0 spiro atoms. The molecule has 0 aromatic carbocycles. The minimum absolute atomic E-state index is 0. The van der Waals surface area contributed by atoms with Gasteiger partial charge in [-0.3, -0.25) is 14.5 Å². The third kappa shape index (κ3) is 6.21. The van der Waals surface area contributed by atoms with Crippen molar-refractivity contribution >= 4 is 73.1 Å². The van der Waals surface area contributed by atoms with Crippen LogP contribution in [0.5, 0.6) is 0 Å². The molecule has 1 saturated heterocycles. The Bertz CT molecular complexity index is 1610. The van der Waals surface area contributed by atoms with Gasteiger partial charge in [0.2, 0.25) is 0 Å². The number of hydrogen-bond donors (Lipinski definition) is 3. The van der Waals surface area contributed by atoms with Crippen LogP contribution in [0.1, 0.15) is 11.4 Å². The number of fused-ring (bicyclic) bond motifs is 2. The normalized spacial score (nSPS) is 18.9. The number of amides is 2. The van der Waals surface area contributed by atoms with Crippen LogP contribution in [0.15, 0.2) is 57.0 Å². The summed E-state index contributed by atoms with van der Waals surface area (Å²) < 4.78 is 28.4. The molecule has 5 heterocycles. The van der Waals surface area contributed by atoms with Gasteiger partial charge in [0.25, 0.3) is 11.8 Å². The number of nitrogens with zero attached hydrogens (tertiary/aromatic N) is 4. The van der Waals surface area contributed by atoms with Gasteiger partial charge in [0.05, 0.1) is 11.4 Å². The van der Waals surface area contributed by atoms with E-state index in [0.717, 1.165) is 27.3 Å². The number of aryl methyl sites for hydroxylation is 1. The fourth-order valence-electron chi connectivity index (χ4n) is 4.39. The highest BCUT2D eigenvalue weighted by atomic mass is 127. The number of thiazole rings is 1. The number of alkyl halides is 2. The van der Waals surface area contributed by atoms with Gasteiger partial charge in [0.1, 0.15) is 17.4 Å². The van der Waals surface area contributed by atoms with E-state index in [2.05, 4.69) is 26.4 Å². The smallest absolute Gasteiger partial charge is 0.407 e. The lowest BCUT2D eigenvalue weighted by Crippen LogP contribution is -3.00. The zero-order chi connectivity index (χ0) is 28.6. The summed E-state index contributed by atoms with van der Waals surface area (Å²) in [6.45, 7) is -0.781. The molecule has 2 atom stereocenters. The molecule has 1 fully saturated rings. The van der Waals surface area contributed by atoms with Crippen molar-refractivity contribution in [2.75, 3.05) is 11.5 Å². The van der Waals surface area contributed by atoms with Crippen LogP contribution in [0.4, 0.5) is 13.9 Å². The maximum atomic E-state index is 13.0. The number of nitrogens with one attached hydrogen (secondary N) is 1. The van der Waals surface area contributed by atoms with Gasteiger partial charge in [-0.1, -0.05) is 5.16 Å². The van der Waals surface area contributed by atoms with Gasteiger partial charge in [-0.2, -0.15) is 13.3 Å². The molecule has 41 heavy (non-hydrogen) atoms. The largest absolute Gasteiger partial charge is 1.00 e. The first-order chi connectivity index (χ1) is 19.2. The molecule has 2 aliphatic heterocycles. The van der Waals surface area contributed by atoms with Crippen molar-refractivity contribution in [1.82, 2.24) is 15.2 Å². The Labute approximate surface area is 260 Å². The van der Waals surface area contributed by atoms with Crippen molar-refractivity contribution in [2.24, 2.45) is 5.16 Å². The van der Waals surface area contributed by atoms with E-state index >= 15 is 0 Å². The Kier molecular flexibility index (Phi) is 9.60. The molecule has 0 saturated carbocycles. The van der Waals surface area contributed by atoms with E-state index in [-0.39, 0.29) is 40.5 Å². The van der Waals surface area contributed by atoms with Crippen LogP contribution in [0.25, 0.3) is 10.1 Å². The molecule has 3 aromatic heterocycles. The fourth-order valence-corrected chi connectivity index (χ4v) is 6.98. The van der Waals surface area contributed by atoms with Crippen LogP contribution in [0, 0.1) is 6.92 Å². The standard InChI is InChI=1S/C24H20F2N6O5S3.HI/c1-11-12-5-8-38-15(12)4-7-31(11)6-2-3-16-19(22(35)36)32-14(10-39-16)18(21(32)34)29-20(33)17(30-37-23(25)26)13-9-40-24(27)28-13;/h2-5,7-9,14,18,23H,6,10H2,1H3,(H3-,27,28,29,33,35,36);1H/b3-2+,30-17?;. The number of aliphatic carboxylic acids is 1. The molecular formula is C24H21F2IN6O5S3. The Balaban J connectivity index is 0.00000387. The monoisotopic (exact) mass is 734 g/mol. The third-order valence-corrected chi connectivity index (χ3v) is 8.99. The lowest BCUT2D eigenvalue weighted by molar-refractivity contribution is -0.691. The van der Waals surface area contributed by atoms with Gasteiger partial charge in [-0.15, -0.1) is 34.4 Å². The Morgan fingerprint density at radius 1 is 1.39 bits per heavy atom. The Morgan fingerprint density at radius 2 is 2.17 bits per heavy atom. The highest BCUT2D eigenvalue weighted by Gasteiger charge is 2.54. The number of carbonyl (C=O) groups excluding carboxylic acids is 2. The maximum absolute atomic E-state index is 13.0. The lowest BCUT2D eigenvalue weighted by Gasteiger charge is -2.49. The number of thiophene rings is 1. The second kappa shape index (κ2) is 12.8. The molecule has 2 aliphatic rings. The number of hydrogen-bond acceptors (Lipinski definition) is 10. The van der Waals surface area contributed by atoms with E-state index in [1.165, 1.54) is 21.8 Å². The summed E-state index contributed by atoms with van der Waals surface area (Å²) in [6.07, 6.45) is 5.46. The number of nitrogen functional groups attached to an aromatic ring is 1. The van der Waals surface area contributed by atoms with Crippen molar-refractivity contribution in [3.05, 3.63) is 63.2 Å². The van der Waals surface area contributed by atoms with Crippen molar-refractivity contribution < 1.29 is 61.7 Å². The summed E-state index contributed by atoms with van der Waals surface area (Å²) in [5, 5.41) is 20.1. The second-order valence-electron chi connectivity index (χ2n) is 8.59. The van der Waals surface area contributed by atoms with Gasteiger partial charge in [-0.05, 0) is 23.6 Å². The number of oxime groups is 1. The first-order valence-electron chi connectivity index (χ1n) is 11.7. The van der Waals surface area contributed by atoms with Gasteiger partial charge in [-0.25, -0.2) is 9.78 Å². The van der Waals surface area contributed by atoms with E-state index in [1.807, 2.05) is 35.2 Å². The van der Waals surface area contributed by atoms with E-state index in [9.17, 15) is 28.3 Å². The zero-order valence-electron chi connectivity index (χ0n) is 21.0. The molecule has 0 bridgehead atoms. The first-order valence-corrected chi connectivity index (χ1v) is 14.4. The van der Waals surface area contributed by atoms with Crippen LogP contribution in [-0.4, -0.2) is 62.9 Å². The molecule has 0 aliphatic carbocycles. The highest BCUT2D eigenvalue weighted by molar-refractivity contribution is 8.03. The number of anilines is 1. The van der Waals surface area contributed by atoms with E-state index in [4.69, 9.17) is 5.73 Å². The highest BCUT2D eigenvalue weighted by Crippen LogP contribution is 2.39. The van der Waals surface area contributed by atoms with E-state index < -0.39 is 42.2 Å². The second-order valence-corrected chi connectivity index (χ2v) is 11.5. The summed E-state index contributed by atoms with van der Waals surface area (Å²) in [4.78, 5) is 47.4. The van der Waals surface area contributed by atoms with Crippen LogP contribution in [0.2, 0.25) is 0 Å². The summed E-state index contributed by atoms with van der Waals surface area (Å²) in [7, 11) is 0. The van der Waals surface area contributed by atoms with Crippen molar-refractivity contribution in [3.63, 3.8) is 0 Å².